The highest BCUT2D eigenvalue weighted by Crippen LogP contribution is 2.21. The van der Waals surface area contributed by atoms with Crippen LogP contribution in [-0.2, 0) is 21.4 Å². The lowest BCUT2D eigenvalue weighted by atomic mass is 10.1. The van der Waals surface area contributed by atoms with Crippen molar-refractivity contribution in [2.24, 2.45) is 0 Å². The summed E-state index contributed by atoms with van der Waals surface area (Å²) in [4.78, 5) is 5.28. The molecule has 1 heterocycles. The maximum atomic E-state index is 12.0. The smallest absolute Gasteiger partial charge is 0.124 e. The lowest BCUT2D eigenvalue weighted by Crippen LogP contribution is -2.21. The van der Waals surface area contributed by atoms with Gasteiger partial charge in [0.25, 0.3) is 0 Å². The minimum absolute atomic E-state index is 0.373. The zero-order chi connectivity index (χ0) is 11.6. The van der Waals surface area contributed by atoms with Crippen LogP contribution in [0, 0.1) is 0 Å². The highest BCUT2D eigenvalue weighted by molar-refractivity contribution is 7.88. The third-order valence-corrected chi connectivity index (χ3v) is 3.57. The van der Waals surface area contributed by atoms with E-state index >= 15 is 0 Å². The van der Waals surface area contributed by atoms with Gasteiger partial charge in [-0.15, -0.1) is 0 Å². The Labute approximate surface area is 97.9 Å². The Morgan fingerprint density at radius 1 is 1.31 bits per heavy atom. The lowest BCUT2D eigenvalue weighted by molar-refractivity contribution is -0.0128. The summed E-state index contributed by atoms with van der Waals surface area (Å²) < 4.78 is 12.0. The van der Waals surface area contributed by atoms with Crippen LogP contribution in [-0.4, -0.2) is 9.81 Å². The van der Waals surface area contributed by atoms with Crippen LogP contribution < -0.4 is 5.48 Å². The van der Waals surface area contributed by atoms with Crippen molar-refractivity contribution in [2.45, 2.75) is 25.2 Å². The summed E-state index contributed by atoms with van der Waals surface area (Å²) >= 11 is 0. The molecule has 2 rings (SSSR count). The van der Waals surface area contributed by atoms with Gasteiger partial charge in [-0.3, -0.25) is 14.5 Å². The average molecular weight is 237 g/mol. The Morgan fingerprint density at radius 2 is 2.00 bits per heavy atom. The second kappa shape index (κ2) is 4.39. The van der Waals surface area contributed by atoms with Gasteiger partial charge in [0.1, 0.15) is 10.6 Å². The van der Waals surface area contributed by atoms with Gasteiger partial charge in [0, 0.05) is 0 Å². The second-order valence-electron chi connectivity index (χ2n) is 4.29. The van der Waals surface area contributed by atoms with E-state index in [2.05, 4.69) is 5.48 Å². The molecule has 86 valence electrons. The van der Waals surface area contributed by atoms with Crippen LogP contribution in [0.5, 0.6) is 0 Å². The maximum Gasteiger partial charge on any atom is 0.124 e. The fourth-order valence-electron chi connectivity index (χ4n) is 1.47. The van der Waals surface area contributed by atoms with Gasteiger partial charge in [-0.1, -0.05) is 30.3 Å². The predicted molar refractivity (Wildman–Crippen MR) is 64.7 cm³/mol. The first-order valence-corrected chi connectivity index (χ1v) is 6.48. The van der Waals surface area contributed by atoms with Gasteiger partial charge in [0.05, 0.1) is 16.6 Å². The van der Waals surface area contributed by atoms with Crippen molar-refractivity contribution < 1.29 is 9.05 Å². The highest BCUT2D eigenvalue weighted by atomic mass is 32.2. The highest BCUT2D eigenvalue weighted by Gasteiger charge is 2.26. The zero-order valence-electron chi connectivity index (χ0n) is 9.40. The molecule has 1 aromatic rings. The zero-order valence-corrected chi connectivity index (χ0v) is 10.2. The molecule has 1 atom stereocenters. The van der Waals surface area contributed by atoms with Crippen LogP contribution in [0.15, 0.2) is 41.4 Å². The lowest BCUT2D eigenvalue weighted by Gasteiger charge is -2.11. The molecule has 16 heavy (non-hydrogen) atoms. The summed E-state index contributed by atoms with van der Waals surface area (Å²) in [7, 11) is -1.07. The molecular weight excluding hydrogens is 222 g/mol. The molecule has 1 unspecified atom stereocenters. The summed E-state index contributed by atoms with van der Waals surface area (Å²) in [6, 6.07) is 9.79. The molecular formula is C12H15NO2S. The maximum absolute atomic E-state index is 12.0. The van der Waals surface area contributed by atoms with Crippen LogP contribution in [0.3, 0.4) is 0 Å². The number of nitrogens with one attached hydrogen (secondary N) is 1. The van der Waals surface area contributed by atoms with E-state index in [1.54, 1.807) is 0 Å². The van der Waals surface area contributed by atoms with Crippen LogP contribution in [0.1, 0.15) is 19.4 Å². The molecule has 0 amide bonds. The van der Waals surface area contributed by atoms with Crippen LogP contribution in [0.2, 0.25) is 0 Å². The second-order valence-corrected chi connectivity index (χ2v) is 5.71. The van der Waals surface area contributed by atoms with Crippen LogP contribution in [0.25, 0.3) is 0 Å². The first-order chi connectivity index (χ1) is 7.57. The Balaban J connectivity index is 2.05. The number of hydrogen-bond donors (Lipinski definition) is 1. The predicted octanol–water partition coefficient (Wildman–Crippen LogP) is 2.09. The van der Waals surface area contributed by atoms with Gasteiger partial charge in [-0.05, 0) is 25.5 Å². The van der Waals surface area contributed by atoms with Gasteiger partial charge in [-0.2, -0.15) is 0 Å². The standard InChI is InChI=1S/C12H15NO2S/c1-12(2)8-11(13-15-12)16(14)9-10-6-4-3-5-7-10/h3-8,13H,9H2,1-2H3. The topological polar surface area (TPSA) is 38.3 Å². The summed E-state index contributed by atoms with van der Waals surface area (Å²) in [5, 5.41) is 0.661. The van der Waals surface area contributed by atoms with E-state index in [4.69, 9.17) is 4.84 Å². The summed E-state index contributed by atoms with van der Waals surface area (Å²) in [5.74, 6) is 0.513. The van der Waals surface area contributed by atoms with Gasteiger partial charge in [0.2, 0.25) is 0 Å². The SMILES string of the molecule is CC1(C)C=C(S(=O)Cc2ccccc2)NO1. The van der Waals surface area contributed by atoms with Crippen molar-refractivity contribution in [2.75, 3.05) is 0 Å². The van der Waals surface area contributed by atoms with Gasteiger partial charge in [0.15, 0.2) is 0 Å². The summed E-state index contributed by atoms with van der Waals surface area (Å²) in [6.45, 7) is 3.85. The first-order valence-electron chi connectivity index (χ1n) is 5.16. The third-order valence-electron chi connectivity index (χ3n) is 2.28. The number of hydroxylamine groups is 1. The molecule has 0 saturated carbocycles. The fourth-order valence-corrected chi connectivity index (χ4v) is 2.67. The van der Waals surface area contributed by atoms with E-state index in [1.165, 1.54) is 0 Å². The minimum atomic E-state index is -1.07. The Hall–Kier alpha value is -1.13. The monoisotopic (exact) mass is 237 g/mol. The first kappa shape index (κ1) is 11.4. The molecule has 0 radical (unpaired) electrons. The molecule has 4 heteroatoms. The molecule has 0 fully saturated rings. The fraction of sp³-hybridized carbons (Fsp3) is 0.333. The van der Waals surface area contributed by atoms with E-state index < -0.39 is 10.8 Å². The van der Waals surface area contributed by atoms with E-state index in [-0.39, 0.29) is 5.60 Å². The largest absolute Gasteiger partial charge is 0.265 e. The van der Waals surface area contributed by atoms with Crippen molar-refractivity contribution in [3.8, 4) is 0 Å². The number of benzene rings is 1. The molecule has 0 aromatic heterocycles. The van der Waals surface area contributed by atoms with Crippen LogP contribution in [0.4, 0.5) is 0 Å². The molecule has 3 nitrogen and oxygen atoms in total. The normalized spacial score (nSPS) is 20.0. The molecule has 0 spiro atoms. The Bertz CT molecular complexity index is 426. The van der Waals surface area contributed by atoms with Crippen molar-refractivity contribution in [1.82, 2.24) is 5.48 Å². The van der Waals surface area contributed by atoms with Crippen molar-refractivity contribution in [1.29, 1.82) is 0 Å². The summed E-state index contributed by atoms with van der Waals surface area (Å²) in [5.41, 5.74) is 3.42. The van der Waals surface area contributed by atoms with E-state index in [0.717, 1.165) is 5.56 Å². The Morgan fingerprint density at radius 3 is 2.56 bits per heavy atom. The quantitative estimate of drug-likeness (QED) is 0.874. The van der Waals surface area contributed by atoms with Gasteiger partial charge >= 0.3 is 0 Å². The van der Waals surface area contributed by atoms with E-state index in [1.807, 2.05) is 50.3 Å². The van der Waals surface area contributed by atoms with Crippen molar-refractivity contribution in [3.05, 3.63) is 47.0 Å². The molecule has 1 aromatic carbocycles. The van der Waals surface area contributed by atoms with Gasteiger partial charge < -0.3 is 0 Å². The minimum Gasteiger partial charge on any atom is -0.265 e. The molecule has 0 aliphatic carbocycles. The Kier molecular flexibility index (Phi) is 3.12. The van der Waals surface area contributed by atoms with E-state index in [9.17, 15) is 4.21 Å². The van der Waals surface area contributed by atoms with Gasteiger partial charge in [-0.25, -0.2) is 0 Å². The third kappa shape index (κ3) is 2.71. The number of rotatable bonds is 3. The average Bonchev–Trinajstić information content (AvgIpc) is 2.60. The van der Waals surface area contributed by atoms with Crippen LogP contribution >= 0.6 is 0 Å². The van der Waals surface area contributed by atoms with E-state index in [0.29, 0.717) is 10.8 Å². The molecule has 0 saturated heterocycles. The molecule has 1 aliphatic rings. The molecule has 1 aliphatic heterocycles. The molecule has 1 N–H and O–H groups in total. The molecule has 0 bridgehead atoms. The van der Waals surface area contributed by atoms with Crippen molar-refractivity contribution >= 4 is 10.8 Å². The van der Waals surface area contributed by atoms with Crippen molar-refractivity contribution in [3.63, 3.8) is 0 Å². The summed E-state index contributed by atoms with van der Waals surface area (Å²) in [6.07, 6.45) is 1.87. The number of hydrogen-bond acceptors (Lipinski definition) is 3.